The Morgan fingerprint density at radius 1 is 1.05 bits per heavy atom. The number of rotatable bonds is 1. The van der Waals surface area contributed by atoms with E-state index in [-0.39, 0.29) is 5.41 Å². The van der Waals surface area contributed by atoms with E-state index in [1.54, 1.807) is 0 Å². The Morgan fingerprint density at radius 3 is 2.37 bits per heavy atom. The molecule has 1 saturated carbocycles. The summed E-state index contributed by atoms with van der Waals surface area (Å²) in [4.78, 5) is 0. The Hall–Kier alpha value is -1.34. The van der Waals surface area contributed by atoms with Crippen LogP contribution in [0.15, 0.2) is 42.5 Å². The van der Waals surface area contributed by atoms with Crippen LogP contribution in [0.4, 0.5) is 0 Å². The second-order valence-electron chi connectivity index (χ2n) is 6.93. The lowest BCUT2D eigenvalue weighted by atomic mass is 9.83. The van der Waals surface area contributed by atoms with Crippen molar-refractivity contribution < 1.29 is 5.11 Å². The molecule has 2 unspecified atom stereocenters. The van der Waals surface area contributed by atoms with Crippen LogP contribution in [0, 0.1) is 11.3 Å². The fraction of sp³-hybridized carbons (Fsp3) is 0.444. The Morgan fingerprint density at radius 2 is 1.74 bits per heavy atom. The SMILES string of the molecule is CC1CC(C)(C)CC1(O)c1ccc2ccccc2c1. The highest BCUT2D eigenvalue weighted by molar-refractivity contribution is 5.83. The molecule has 1 heteroatoms. The summed E-state index contributed by atoms with van der Waals surface area (Å²) < 4.78 is 0. The summed E-state index contributed by atoms with van der Waals surface area (Å²) in [7, 11) is 0. The van der Waals surface area contributed by atoms with Gasteiger partial charge in [0.2, 0.25) is 0 Å². The van der Waals surface area contributed by atoms with Gasteiger partial charge in [-0.2, -0.15) is 0 Å². The molecular weight excluding hydrogens is 232 g/mol. The average molecular weight is 254 g/mol. The lowest BCUT2D eigenvalue weighted by Crippen LogP contribution is -2.29. The third-order valence-corrected chi connectivity index (χ3v) is 4.67. The van der Waals surface area contributed by atoms with Gasteiger partial charge in [0, 0.05) is 0 Å². The zero-order valence-electron chi connectivity index (χ0n) is 12.0. The minimum atomic E-state index is -0.673. The van der Waals surface area contributed by atoms with E-state index in [4.69, 9.17) is 0 Å². The summed E-state index contributed by atoms with van der Waals surface area (Å²) in [6.07, 6.45) is 1.93. The van der Waals surface area contributed by atoms with Gasteiger partial charge >= 0.3 is 0 Å². The predicted octanol–water partition coefficient (Wildman–Crippen LogP) is 4.48. The third-order valence-electron chi connectivity index (χ3n) is 4.67. The Balaban J connectivity index is 2.09. The molecule has 2 atom stereocenters. The second kappa shape index (κ2) is 4.08. The first-order chi connectivity index (χ1) is 8.91. The molecule has 0 bridgehead atoms. The smallest absolute Gasteiger partial charge is 0.0927 e. The largest absolute Gasteiger partial charge is 0.385 e. The van der Waals surface area contributed by atoms with Crippen LogP contribution < -0.4 is 0 Å². The van der Waals surface area contributed by atoms with Gasteiger partial charge in [-0.15, -0.1) is 0 Å². The van der Waals surface area contributed by atoms with E-state index in [1.807, 2.05) is 0 Å². The lowest BCUT2D eigenvalue weighted by Gasteiger charge is -2.29. The molecule has 2 aromatic rings. The highest BCUT2D eigenvalue weighted by atomic mass is 16.3. The van der Waals surface area contributed by atoms with E-state index in [0.717, 1.165) is 18.4 Å². The van der Waals surface area contributed by atoms with E-state index in [1.165, 1.54) is 10.8 Å². The third kappa shape index (κ3) is 2.06. The molecule has 1 aliphatic carbocycles. The summed E-state index contributed by atoms with van der Waals surface area (Å²) in [5, 5.41) is 13.6. The maximum absolute atomic E-state index is 11.1. The number of hydrogen-bond donors (Lipinski definition) is 1. The molecule has 3 rings (SSSR count). The van der Waals surface area contributed by atoms with Crippen LogP contribution in [0.3, 0.4) is 0 Å². The maximum atomic E-state index is 11.1. The Kier molecular flexibility index (Phi) is 2.72. The Labute approximate surface area is 115 Å². The van der Waals surface area contributed by atoms with Gasteiger partial charge in [0.1, 0.15) is 0 Å². The van der Waals surface area contributed by atoms with Gasteiger partial charge in [0.05, 0.1) is 5.60 Å². The molecular formula is C18H22O. The molecule has 1 nitrogen and oxygen atoms in total. The molecule has 100 valence electrons. The normalized spacial score (nSPS) is 29.8. The molecule has 1 fully saturated rings. The quantitative estimate of drug-likeness (QED) is 0.795. The predicted molar refractivity (Wildman–Crippen MR) is 80.0 cm³/mol. The zero-order valence-corrected chi connectivity index (χ0v) is 12.0. The first-order valence-electron chi connectivity index (χ1n) is 7.12. The Bertz CT molecular complexity index is 614. The van der Waals surface area contributed by atoms with Gasteiger partial charge < -0.3 is 5.11 Å². The van der Waals surface area contributed by atoms with Crippen molar-refractivity contribution in [3.05, 3.63) is 48.0 Å². The van der Waals surface area contributed by atoms with Gasteiger partial charge in [0.25, 0.3) is 0 Å². The molecule has 2 aromatic carbocycles. The molecule has 0 saturated heterocycles. The second-order valence-corrected chi connectivity index (χ2v) is 6.93. The molecule has 0 aromatic heterocycles. The van der Waals surface area contributed by atoms with E-state index in [9.17, 15) is 5.11 Å². The van der Waals surface area contributed by atoms with E-state index in [0.29, 0.717) is 5.92 Å². The highest BCUT2D eigenvalue weighted by Gasteiger charge is 2.48. The molecule has 1 N–H and O–H groups in total. The van der Waals surface area contributed by atoms with Crippen LogP contribution in [-0.2, 0) is 5.60 Å². The summed E-state index contributed by atoms with van der Waals surface area (Å²) in [6, 6.07) is 14.7. The van der Waals surface area contributed by atoms with Crippen LogP contribution in [0.1, 0.15) is 39.2 Å². The van der Waals surface area contributed by atoms with Crippen LogP contribution >= 0.6 is 0 Å². The minimum absolute atomic E-state index is 0.222. The van der Waals surface area contributed by atoms with E-state index < -0.39 is 5.60 Å². The molecule has 0 aliphatic heterocycles. The molecule has 0 radical (unpaired) electrons. The van der Waals surface area contributed by atoms with Gasteiger partial charge in [0.15, 0.2) is 0 Å². The monoisotopic (exact) mass is 254 g/mol. The number of fused-ring (bicyclic) bond motifs is 1. The van der Waals surface area contributed by atoms with Gasteiger partial charge in [-0.3, -0.25) is 0 Å². The summed E-state index contributed by atoms with van der Waals surface area (Å²) in [6.45, 7) is 6.68. The molecule has 0 spiro atoms. The topological polar surface area (TPSA) is 20.2 Å². The van der Waals surface area contributed by atoms with Gasteiger partial charge in [-0.1, -0.05) is 57.2 Å². The molecule has 1 aliphatic rings. The first-order valence-corrected chi connectivity index (χ1v) is 7.12. The van der Waals surface area contributed by atoms with Crippen molar-refractivity contribution in [2.45, 2.75) is 39.2 Å². The van der Waals surface area contributed by atoms with Crippen LogP contribution in [0.2, 0.25) is 0 Å². The molecule has 19 heavy (non-hydrogen) atoms. The van der Waals surface area contributed by atoms with Crippen molar-refractivity contribution in [2.75, 3.05) is 0 Å². The number of benzene rings is 2. The molecule has 0 amide bonds. The van der Waals surface area contributed by atoms with Gasteiger partial charge in [-0.05, 0) is 46.6 Å². The maximum Gasteiger partial charge on any atom is 0.0927 e. The van der Waals surface area contributed by atoms with Crippen LogP contribution in [-0.4, -0.2) is 5.11 Å². The zero-order chi connectivity index (χ0) is 13.7. The average Bonchev–Trinajstić information content (AvgIpc) is 2.58. The van der Waals surface area contributed by atoms with E-state index in [2.05, 4.69) is 63.2 Å². The van der Waals surface area contributed by atoms with Crippen molar-refractivity contribution in [1.82, 2.24) is 0 Å². The summed E-state index contributed by atoms with van der Waals surface area (Å²) >= 11 is 0. The van der Waals surface area contributed by atoms with Crippen molar-refractivity contribution in [2.24, 2.45) is 11.3 Å². The van der Waals surface area contributed by atoms with Crippen molar-refractivity contribution in [3.63, 3.8) is 0 Å². The standard InChI is InChI=1S/C18H22O/c1-13-11-17(2,3)12-18(13,19)16-9-8-14-6-4-5-7-15(14)10-16/h4-10,13,19H,11-12H2,1-3H3. The summed E-state index contributed by atoms with van der Waals surface area (Å²) in [5.41, 5.74) is 0.622. The number of hydrogen-bond acceptors (Lipinski definition) is 1. The van der Waals surface area contributed by atoms with Crippen molar-refractivity contribution >= 4 is 10.8 Å². The number of aliphatic hydroxyl groups is 1. The summed E-state index contributed by atoms with van der Waals surface area (Å²) in [5.74, 6) is 0.309. The first kappa shape index (κ1) is 12.7. The molecule has 0 heterocycles. The van der Waals surface area contributed by atoms with Crippen LogP contribution in [0.5, 0.6) is 0 Å². The van der Waals surface area contributed by atoms with Crippen LogP contribution in [0.25, 0.3) is 10.8 Å². The van der Waals surface area contributed by atoms with Gasteiger partial charge in [-0.25, -0.2) is 0 Å². The minimum Gasteiger partial charge on any atom is -0.385 e. The van der Waals surface area contributed by atoms with Crippen molar-refractivity contribution in [1.29, 1.82) is 0 Å². The fourth-order valence-corrected chi connectivity index (χ4v) is 3.82. The van der Waals surface area contributed by atoms with E-state index >= 15 is 0 Å². The fourth-order valence-electron chi connectivity index (χ4n) is 3.82. The van der Waals surface area contributed by atoms with Crippen molar-refractivity contribution in [3.8, 4) is 0 Å². The lowest BCUT2D eigenvalue weighted by molar-refractivity contribution is -0.000719. The highest BCUT2D eigenvalue weighted by Crippen LogP contribution is 2.52.